The number of hydrogen-bond acceptors (Lipinski definition) is 4. The van der Waals surface area contributed by atoms with E-state index in [-0.39, 0.29) is 0 Å². The molecule has 3 rings (SSSR count). The average Bonchev–Trinajstić information content (AvgIpc) is 2.85. The zero-order valence-corrected chi connectivity index (χ0v) is 8.19. The molecule has 1 N–H and O–H groups in total. The predicted molar refractivity (Wildman–Crippen MR) is 52.1 cm³/mol. The number of thiazole rings is 1. The van der Waals surface area contributed by atoms with E-state index in [9.17, 15) is 0 Å². The van der Waals surface area contributed by atoms with Crippen molar-refractivity contribution in [2.75, 3.05) is 11.9 Å². The Morgan fingerprint density at radius 2 is 2.38 bits per heavy atom. The summed E-state index contributed by atoms with van der Waals surface area (Å²) in [7, 11) is 0. The first-order chi connectivity index (χ1) is 6.42. The van der Waals surface area contributed by atoms with Gasteiger partial charge in [0.1, 0.15) is 0 Å². The lowest BCUT2D eigenvalue weighted by atomic mass is 10.2. The fourth-order valence-corrected chi connectivity index (χ4v) is 2.51. The molecule has 13 heavy (non-hydrogen) atoms. The van der Waals surface area contributed by atoms with Gasteiger partial charge in [-0.1, -0.05) is 11.3 Å². The molecule has 0 spiro atoms. The molecule has 0 unspecified atom stereocenters. The minimum Gasteiger partial charge on any atom is -0.375 e. The van der Waals surface area contributed by atoms with E-state index >= 15 is 0 Å². The Hall–Kier alpha value is -0.610. The van der Waals surface area contributed by atoms with Crippen LogP contribution >= 0.6 is 11.3 Å². The summed E-state index contributed by atoms with van der Waals surface area (Å²) >= 11 is 1.76. The van der Waals surface area contributed by atoms with Gasteiger partial charge >= 0.3 is 0 Å². The largest absolute Gasteiger partial charge is 0.375 e. The summed E-state index contributed by atoms with van der Waals surface area (Å²) < 4.78 is 5.37. The van der Waals surface area contributed by atoms with Gasteiger partial charge in [0.15, 0.2) is 5.13 Å². The molecule has 1 fully saturated rings. The van der Waals surface area contributed by atoms with Crippen LogP contribution in [0.25, 0.3) is 0 Å². The molecular formula is C9H12N2OS. The van der Waals surface area contributed by atoms with Crippen molar-refractivity contribution < 1.29 is 4.74 Å². The highest BCUT2D eigenvalue weighted by Crippen LogP contribution is 2.31. The summed E-state index contributed by atoms with van der Waals surface area (Å²) in [6.45, 7) is 1.60. The Morgan fingerprint density at radius 1 is 1.46 bits per heavy atom. The normalized spacial score (nSPS) is 21.2. The molecule has 0 bridgehead atoms. The van der Waals surface area contributed by atoms with Crippen LogP contribution in [0, 0.1) is 0 Å². The topological polar surface area (TPSA) is 34.2 Å². The SMILES string of the molecule is C1Cc2nc(NC3CC3)sc2CO1. The highest BCUT2D eigenvalue weighted by Gasteiger charge is 2.23. The molecule has 0 radical (unpaired) electrons. The molecule has 1 saturated carbocycles. The number of fused-ring (bicyclic) bond motifs is 1. The second-order valence-corrected chi connectivity index (χ2v) is 4.69. The predicted octanol–water partition coefficient (Wildman–Crippen LogP) is 1.79. The standard InChI is InChI=1S/C9H12N2OS/c1-2-6(1)10-9-11-7-3-4-12-5-8(7)13-9/h6H,1-5H2,(H,10,11). The van der Waals surface area contributed by atoms with Crippen LogP contribution in [-0.2, 0) is 17.8 Å². The lowest BCUT2D eigenvalue weighted by Gasteiger charge is -2.08. The number of aromatic nitrogens is 1. The molecule has 0 atom stereocenters. The van der Waals surface area contributed by atoms with Gasteiger partial charge in [0, 0.05) is 12.5 Å². The maximum absolute atomic E-state index is 5.37. The Bertz CT molecular complexity index is 296. The van der Waals surface area contributed by atoms with Crippen molar-refractivity contribution in [3.8, 4) is 0 Å². The Balaban J connectivity index is 1.81. The molecule has 0 saturated heterocycles. The van der Waals surface area contributed by atoms with Crippen LogP contribution in [0.1, 0.15) is 23.4 Å². The molecule has 2 heterocycles. The first-order valence-corrected chi connectivity index (χ1v) is 5.56. The van der Waals surface area contributed by atoms with Crippen molar-refractivity contribution >= 4 is 16.5 Å². The first-order valence-electron chi connectivity index (χ1n) is 4.75. The molecule has 3 nitrogen and oxygen atoms in total. The molecule has 0 aromatic carbocycles. The van der Waals surface area contributed by atoms with Crippen molar-refractivity contribution in [3.05, 3.63) is 10.6 Å². The first kappa shape index (κ1) is 7.76. The third-order valence-corrected chi connectivity index (χ3v) is 3.40. The van der Waals surface area contributed by atoms with Crippen molar-refractivity contribution in [1.29, 1.82) is 0 Å². The number of rotatable bonds is 2. The van der Waals surface area contributed by atoms with Gasteiger partial charge in [-0.2, -0.15) is 0 Å². The van der Waals surface area contributed by atoms with E-state index in [1.807, 2.05) is 0 Å². The highest BCUT2D eigenvalue weighted by molar-refractivity contribution is 7.15. The highest BCUT2D eigenvalue weighted by atomic mass is 32.1. The summed E-state index contributed by atoms with van der Waals surface area (Å²) in [4.78, 5) is 5.87. The van der Waals surface area contributed by atoms with Crippen LogP contribution in [0.4, 0.5) is 5.13 Å². The van der Waals surface area contributed by atoms with E-state index in [1.165, 1.54) is 23.4 Å². The quantitative estimate of drug-likeness (QED) is 0.783. The van der Waals surface area contributed by atoms with Gasteiger partial charge in [-0.25, -0.2) is 4.98 Å². The second kappa shape index (κ2) is 2.96. The van der Waals surface area contributed by atoms with Crippen molar-refractivity contribution in [2.24, 2.45) is 0 Å². The van der Waals surface area contributed by atoms with Crippen molar-refractivity contribution in [1.82, 2.24) is 4.98 Å². The second-order valence-electron chi connectivity index (χ2n) is 3.61. The van der Waals surface area contributed by atoms with Crippen LogP contribution in [-0.4, -0.2) is 17.6 Å². The number of ether oxygens (including phenoxy) is 1. The fraction of sp³-hybridized carbons (Fsp3) is 0.667. The van der Waals surface area contributed by atoms with Gasteiger partial charge < -0.3 is 10.1 Å². The lowest BCUT2D eigenvalue weighted by Crippen LogP contribution is -2.07. The molecule has 1 aliphatic carbocycles. The van der Waals surface area contributed by atoms with Gasteiger partial charge in [0.05, 0.1) is 23.8 Å². The maximum Gasteiger partial charge on any atom is 0.183 e. The Labute approximate surface area is 81.1 Å². The van der Waals surface area contributed by atoms with E-state index in [2.05, 4.69) is 10.3 Å². The van der Waals surface area contributed by atoms with E-state index in [1.54, 1.807) is 11.3 Å². The van der Waals surface area contributed by atoms with Gasteiger partial charge in [0.2, 0.25) is 0 Å². The number of nitrogens with zero attached hydrogens (tertiary/aromatic N) is 1. The monoisotopic (exact) mass is 196 g/mol. The van der Waals surface area contributed by atoms with Crippen LogP contribution in [0.5, 0.6) is 0 Å². The summed E-state index contributed by atoms with van der Waals surface area (Å²) in [5.74, 6) is 0. The van der Waals surface area contributed by atoms with Gasteiger partial charge in [-0.05, 0) is 12.8 Å². The minimum absolute atomic E-state index is 0.702. The smallest absolute Gasteiger partial charge is 0.183 e. The third kappa shape index (κ3) is 1.56. The maximum atomic E-state index is 5.37. The molecule has 0 amide bonds. The minimum atomic E-state index is 0.702. The van der Waals surface area contributed by atoms with E-state index < -0.39 is 0 Å². The van der Waals surface area contributed by atoms with E-state index in [4.69, 9.17) is 4.74 Å². The van der Waals surface area contributed by atoms with Crippen LogP contribution in [0.2, 0.25) is 0 Å². The Morgan fingerprint density at radius 3 is 3.15 bits per heavy atom. The van der Waals surface area contributed by atoms with E-state index in [0.717, 1.165) is 24.8 Å². The summed E-state index contributed by atoms with van der Waals surface area (Å²) in [6, 6.07) is 0.702. The summed E-state index contributed by atoms with van der Waals surface area (Å²) in [5.41, 5.74) is 1.25. The zero-order chi connectivity index (χ0) is 8.67. The fourth-order valence-electron chi connectivity index (χ4n) is 1.49. The third-order valence-electron chi connectivity index (χ3n) is 2.40. The molecule has 1 aliphatic heterocycles. The lowest BCUT2D eigenvalue weighted by molar-refractivity contribution is 0.112. The molecule has 4 heteroatoms. The van der Waals surface area contributed by atoms with Crippen LogP contribution in [0.15, 0.2) is 0 Å². The molecule has 1 aromatic rings. The average molecular weight is 196 g/mol. The van der Waals surface area contributed by atoms with Gasteiger partial charge in [-0.3, -0.25) is 0 Å². The van der Waals surface area contributed by atoms with Crippen LogP contribution in [0.3, 0.4) is 0 Å². The van der Waals surface area contributed by atoms with Crippen LogP contribution < -0.4 is 5.32 Å². The molecule has 1 aromatic heterocycles. The molecular weight excluding hydrogens is 184 g/mol. The summed E-state index contributed by atoms with van der Waals surface area (Å²) in [6.07, 6.45) is 3.60. The summed E-state index contributed by atoms with van der Waals surface area (Å²) in [5, 5.41) is 4.52. The Kier molecular flexibility index (Phi) is 1.77. The number of hydrogen-bond donors (Lipinski definition) is 1. The van der Waals surface area contributed by atoms with Gasteiger partial charge in [0.25, 0.3) is 0 Å². The number of nitrogens with one attached hydrogen (secondary N) is 1. The molecule has 70 valence electrons. The van der Waals surface area contributed by atoms with Crippen molar-refractivity contribution in [2.45, 2.75) is 31.9 Å². The zero-order valence-electron chi connectivity index (χ0n) is 7.38. The van der Waals surface area contributed by atoms with Crippen molar-refractivity contribution in [3.63, 3.8) is 0 Å². The number of anilines is 1. The van der Waals surface area contributed by atoms with Gasteiger partial charge in [-0.15, -0.1) is 0 Å². The van der Waals surface area contributed by atoms with E-state index in [0.29, 0.717) is 6.04 Å². The molecule has 2 aliphatic rings.